The van der Waals surface area contributed by atoms with Crippen molar-refractivity contribution >= 4 is 23.4 Å². The number of amides is 1. The first-order valence-corrected chi connectivity index (χ1v) is 12.8. The zero-order chi connectivity index (χ0) is 25.9. The Bertz CT molecular complexity index is 1380. The van der Waals surface area contributed by atoms with Crippen molar-refractivity contribution in [2.75, 3.05) is 17.8 Å². The van der Waals surface area contributed by atoms with E-state index in [9.17, 15) is 19.4 Å². The molecular weight excluding hydrogens is 491 g/mol. The molecule has 6 nitrogen and oxygen atoms in total. The summed E-state index contributed by atoms with van der Waals surface area (Å²) < 4.78 is 18.6. The van der Waals surface area contributed by atoms with Crippen molar-refractivity contribution in [3.63, 3.8) is 0 Å². The summed E-state index contributed by atoms with van der Waals surface area (Å²) in [6.07, 6.45) is 0.837. The maximum absolute atomic E-state index is 13.4. The number of phenolic OH excluding ortho intramolecular Hbond substituents is 1. The molecule has 5 rings (SSSR count). The number of nitrogens with zero attached hydrogens (tertiary/aromatic N) is 2. The van der Waals surface area contributed by atoms with Crippen molar-refractivity contribution in [3.8, 4) is 22.8 Å². The van der Waals surface area contributed by atoms with Crippen molar-refractivity contribution in [1.29, 1.82) is 0 Å². The predicted octanol–water partition coefficient (Wildman–Crippen LogP) is 5.53. The number of rotatable bonds is 8. The lowest BCUT2D eigenvalue weighted by atomic mass is 9.92. The molecule has 37 heavy (non-hydrogen) atoms. The number of benzene rings is 3. The van der Waals surface area contributed by atoms with E-state index < -0.39 is 11.4 Å². The number of carbonyl (C=O) groups excluding carboxylic acids is 1. The third kappa shape index (κ3) is 5.03. The molecule has 1 fully saturated rings. The van der Waals surface area contributed by atoms with Crippen LogP contribution in [0.25, 0.3) is 11.1 Å². The lowest BCUT2D eigenvalue weighted by molar-refractivity contribution is -0.123. The first-order valence-electron chi connectivity index (χ1n) is 11.7. The first-order chi connectivity index (χ1) is 18.0. The molecule has 2 N–H and O–H groups in total. The van der Waals surface area contributed by atoms with Gasteiger partial charge >= 0.3 is 0 Å². The molecule has 1 saturated heterocycles. The summed E-state index contributed by atoms with van der Waals surface area (Å²) in [5, 5.41) is 20.0. The van der Waals surface area contributed by atoms with E-state index in [4.69, 9.17) is 4.74 Å². The molecule has 0 bridgehead atoms. The number of aromatic nitrogens is 1. The van der Waals surface area contributed by atoms with Gasteiger partial charge in [0.25, 0.3) is 0 Å². The fourth-order valence-corrected chi connectivity index (χ4v) is 5.76. The number of carbonyl (C=O) groups is 1. The molecule has 3 atom stereocenters. The van der Waals surface area contributed by atoms with E-state index in [2.05, 4.69) is 4.98 Å². The summed E-state index contributed by atoms with van der Waals surface area (Å²) in [4.78, 5) is 19.3. The van der Waals surface area contributed by atoms with Crippen LogP contribution in [0.5, 0.6) is 11.6 Å². The highest BCUT2D eigenvalue weighted by Gasteiger charge is 2.49. The van der Waals surface area contributed by atoms with Crippen LogP contribution in [-0.2, 0) is 4.79 Å². The summed E-state index contributed by atoms with van der Waals surface area (Å²) >= 11 is 1.37. The Hall–Kier alpha value is -3.88. The van der Waals surface area contributed by atoms with Crippen LogP contribution in [-0.4, -0.2) is 39.2 Å². The summed E-state index contributed by atoms with van der Waals surface area (Å²) in [6.45, 7) is 0. The molecule has 1 aromatic heterocycles. The number of β-lactam (4-membered cyclic amide) rings is 1. The minimum Gasteiger partial charge on any atom is -0.508 e. The summed E-state index contributed by atoms with van der Waals surface area (Å²) in [5.74, 6) is 0.513. The van der Waals surface area contributed by atoms with Gasteiger partial charge < -0.3 is 19.8 Å². The number of phenols is 1. The van der Waals surface area contributed by atoms with Crippen LogP contribution < -0.4 is 9.64 Å². The number of halogens is 1. The molecule has 1 aliphatic heterocycles. The number of aliphatic hydroxyl groups is 1. The molecular formula is C29H25FN2O4S. The van der Waals surface area contributed by atoms with E-state index in [0.717, 1.165) is 22.4 Å². The molecule has 188 valence electrons. The fourth-order valence-electron chi connectivity index (χ4n) is 4.46. The number of anilines is 1. The Morgan fingerprint density at radius 1 is 1.03 bits per heavy atom. The number of hydrogen-bond acceptors (Lipinski definition) is 6. The molecule has 3 aromatic carbocycles. The van der Waals surface area contributed by atoms with Gasteiger partial charge in [0.05, 0.1) is 19.3 Å². The number of methoxy groups -OCH3 is 1. The number of hydrogen-bond donors (Lipinski definition) is 2. The van der Waals surface area contributed by atoms with Crippen LogP contribution in [0.2, 0.25) is 0 Å². The highest BCUT2D eigenvalue weighted by molar-refractivity contribution is 8.00. The van der Waals surface area contributed by atoms with Crippen LogP contribution in [0.3, 0.4) is 0 Å². The van der Waals surface area contributed by atoms with Crippen molar-refractivity contribution in [1.82, 2.24) is 4.98 Å². The number of thioether (sulfide) groups is 1. The van der Waals surface area contributed by atoms with Gasteiger partial charge in [0.2, 0.25) is 11.8 Å². The normalized spacial score (nSPS) is 17.8. The second kappa shape index (κ2) is 10.6. The molecule has 1 amide bonds. The predicted molar refractivity (Wildman–Crippen MR) is 142 cm³/mol. The zero-order valence-corrected chi connectivity index (χ0v) is 20.8. The van der Waals surface area contributed by atoms with Crippen LogP contribution >= 0.6 is 11.8 Å². The van der Waals surface area contributed by atoms with Crippen LogP contribution in [0, 0.1) is 5.82 Å². The topological polar surface area (TPSA) is 82.9 Å². The van der Waals surface area contributed by atoms with Crippen molar-refractivity contribution < 1.29 is 24.1 Å². The number of aliphatic hydroxyl groups excluding tert-OH is 1. The minimum absolute atomic E-state index is 0.0684. The van der Waals surface area contributed by atoms with Crippen molar-refractivity contribution in [2.24, 2.45) is 0 Å². The number of ether oxygens (including phenoxy) is 1. The Labute approximate surface area is 218 Å². The van der Waals surface area contributed by atoms with Gasteiger partial charge in [0, 0.05) is 23.2 Å². The van der Waals surface area contributed by atoms with Gasteiger partial charge in [0.1, 0.15) is 16.8 Å². The van der Waals surface area contributed by atoms with Crippen LogP contribution in [0.1, 0.15) is 23.3 Å². The Kier molecular flexibility index (Phi) is 7.12. The van der Waals surface area contributed by atoms with Gasteiger partial charge in [-0.1, -0.05) is 36.4 Å². The molecule has 0 radical (unpaired) electrons. The smallest absolute Gasteiger partial charge is 0.243 e. The van der Waals surface area contributed by atoms with E-state index in [-0.39, 0.29) is 29.3 Å². The molecule has 0 saturated carbocycles. The average molecular weight is 517 g/mol. The summed E-state index contributed by atoms with van der Waals surface area (Å²) in [5.41, 5.74) is 3.98. The molecule has 2 heterocycles. The Morgan fingerprint density at radius 2 is 1.73 bits per heavy atom. The quantitative estimate of drug-likeness (QED) is 0.300. The average Bonchev–Trinajstić information content (AvgIpc) is 2.93. The van der Waals surface area contributed by atoms with E-state index in [0.29, 0.717) is 11.4 Å². The second-order valence-electron chi connectivity index (χ2n) is 8.67. The Balaban J connectivity index is 1.38. The van der Waals surface area contributed by atoms with E-state index in [1.807, 2.05) is 36.4 Å². The highest BCUT2D eigenvalue weighted by atomic mass is 32.2. The van der Waals surface area contributed by atoms with Gasteiger partial charge in [-0.15, -0.1) is 11.8 Å². The molecule has 4 aromatic rings. The molecule has 0 unspecified atom stereocenters. The van der Waals surface area contributed by atoms with Gasteiger partial charge in [-0.05, 0) is 65.2 Å². The third-order valence-corrected chi connectivity index (χ3v) is 7.72. The molecule has 0 spiro atoms. The van der Waals surface area contributed by atoms with Crippen LogP contribution in [0.4, 0.5) is 10.1 Å². The molecule has 8 heteroatoms. The first kappa shape index (κ1) is 24.8. The minimum atomic E-state index is -0.832. The third-order valence-electron chi connectivity index (χ3n) is 6.39. The Morgan fingerprint density at radius 3 is 2.41 bits per heavy atom. The van der Waals surface area contributed by atoms with Crippen molar-refractivity contribution in [3.05, 3.63) is 108 Å². The second-order valence-corrected chi connectivity index (χ2v) is 9.85. The van der Waals surface area contributed by atoms with Gasteiger partial charge in [-0.25, -0.2) is 9.37 Å². The largest absolute Gasteiger partial charge is 0.508 e. The van der Waals surface area contributed by atoms with E-state index in [1.54, 1.807) is 54.6 Å². The van der Waals surface area contributed by atoms with Crippen molar-refractivity contribution in [2.45, 2.75) is 17.4 Å². The SMILES string of the molecule is COc1ncccc1-c1ccc(N2C(=O)[C@H](SC[C@@H](O)c3ccc(F)cc3)[C@H]2c2ccc(O)cc2)cc1. The number of pyridine rings is 1. The maximum Gasteiger partial charge on any atom is 0.243 e. The van der Waals surface area contributed by atoms with Crippen LogP contribution in [0.15, 0.2) is 91.1 Å². The molecule has 1 aliphatic rings. The van der Waals surface area contributed by atoms with Gasteiger partial charge in [-0.3, -0.25) is 4.79 Å². The highest BCUT2D eigenvalue weighted by Crippen LogP contribution is 2.46. The lowest BCUT2D eigenvalue weighted by Gasteiger charge is -2.47. The fraction of sp³-hybridized carbons (Fsp3) is 0.172. The van der Waals surface area contributed by atoms with Gasteiger partial charge in [-0.2, -0.15) is 0 Å². The summed E-state index contributed by atoms with van der Waals surface area (Å²) in [7, 11) is 1.58. The van der Waals surface area contributed by atoms with Gasteiger partial charge in [0.15, 0.2) is 0 Å². The standard InChI is InChI=1S/C29H25FN2O4S/c1-36-28-24(3-2-16-31-28)18-6-12-22(13-7-18)32-26(20-8-14-23(33)15-9-20)27(29(32)35)37-17-25(34)19-4-10-21(30)11-5-19/h2-16,25-27,33-34H,17H2,1H3/t25-,26-,27-/m1/s1. The van der Waals surface area contributed by atoms with E-state index >= 15 is 0 Å². The van der Waals surface area contributed by atoms with E-state index in [1.165, 1.54) is 23.9 Å². The maximum atomic E-state index is 13.4. The lowest BCUT2D eigenvalue weighted by Crippen LogP contribution is -2.57. The monoisotopic (exact) mass is 516 g/mol. The number of aromatic hydroxyl groups is 1. The zero-order valence-electron chi connectivity index (χ0n) is 20.0. The summed E-state index contributed by atoms with van der Waals surface area (Å²) in [6, 6.07) is 23.6. The molecule has 0 aliphatic carbocycles.